The predicted octanol–water partition coefficient (Wildman–Crippen LogP) is 1.05. The molecular weight excluding hydrogens is 468 g/mol. The second-order valence-electron chi connectivity index (χ2n) is 9.43. The summed E-state index contributed by atoms with van der Waals surface area (Å²) in [6.45, 7) is 2.82. The summed E-state index contributed by atoms with van der Waals surface area (Å²) in [6, 6.07) is 5.15. The quantitative estimate of drug-likeness (QED) is 0.296. The van der Waals surface area contributed by atoms with E-state index in [-0.39, 0.29) is 23.6 Å². The number of hydrogen-bond donors (Lipinski definition) is 5. The van der Waals surface area contributed by atoms with E-state index >= 15 is 0 Å². The maximum Gasteiger partial charge on any atom is 0.335 e. The molecule has 0 radical (unpaired) electrons. The number of hydrogen-bond acceptors (Lipinski definition) is 6. The number of rotatable bonds is 10. The first-order chi connectivity index (χ1) is 17.2. The van der Waals surface area contributed by atoms with Crippen molar-refractivity contribution in [2.45, 2.75) is 51.1 Å². The fourth-order valence-corrected chi connectivity index (χ4v) is 4.68. The van der Waals surface area contributed by atoms with E-state index in [0.29, 0.717) is 31.7 Å². The fraction of sp³-hybridized carbons (Fsp3) is 0.560. The molecule has 3 amide bonds. The number of aliphatic carboxylic acids is 1. The molecule has 11 heteroatoms. The van der Waals surface area contributed by atoms with Gasteiger partial charge in [0.2, 0.25) is 11.8 Å². The van der Waals surface area contributed by atoms with Gasteiger partial charge in [0.05, 0.1) is 17.9 Å². The second-order valence-corrected chi connectivity index (χ2v) is 9.43. The second kappa shape index (κ2) is 13.0. The van der Waals surface area contributed by atoms with Crippen LogP contribution in [-0.2, 0) is 14.4 Å². The third-order valence-electron chi connectivity index (χ3n) is 6.76. The first kappa shape index (κ1) is 27.1. The third kappa shape index (κ3) is 8.04. The van der Waals surface area contributed by atoms with Gasteiger partial charge >= 0.3 is 11.9 Å². The lowest BCUT2D eigenvalue weighted by Crippen LogP contribution is -2.53. The summed E-state index contributed by atoms with van der Waals surface area (Å²) in [5.74, 6) is -3.32. The Labute approximate surface area is 209 Å². The molecule has 2 aliphatic rings. The van der Waals surface area contributed by atoms with E-state index in [4.69, 9.17) is 5.11 Å². The Morgan fingerprint density at radius 3 is 2.28 bits per heavy atom. The van der Waals surface area contributed by atoms with Crippen molar-refractivity contribution in [1.29, 1.82) is 0 Å². The van der Waals surface area contributed by atoms with Crippen LogP contribution in [-0.4, -0.2) is 77.1 Å². The normalized spacial score (nSPS) is 19.2. The minimum absolute atomic E-state index is 0.00841. The standard InChI is InChI=1S/C25H34N4O7/c30-21(8-3-16-9-11-26-12-10-16)29-13-1-2-19(15-29)24(34)28-20(14-22(31)32)27-23(33)17-4-6-18(7-5-17)25(35)36/h4-7,16,19-20,26H,1-3,8-15H2,(H,27,33)(H,28,34)(H,31,32)(H,35,36)/t19-,20+/m1/s1. The molecule has 0 aromatic heterocycles. The van der Waals surface area contributed by atoms with Crippen LogP contribution >= 0.6 is 0 Å². The lowest BCUT2D eigenvalue weighted by Gasteiger charge is -2.33. The maximum absolute atomic E-state index is 12.9. The number of benzene rings is 1. The number of nitrogens with zero attached hydrogens (tertiary/aromatic N) is 1. The number of carbonyl (C=O) groups excluding carboxylic acids is 3. The van der Waals surface area contributed by atoms with Crippen LogP contribution in [0.4, 0.5) is 0 Å². The highest BCUT2D eigenvalue weighted by Crippen LogP contribution is 2.21. The van der Waals surface area contributed by atoms with Crippen LogP contribution in [0.1, 0.15) is 65.7 Å². The monoisotopic (exact) mass is 502 g/mol. The van der Waals surface area contributed by atoms with Crippen LogP contribution in [0.15, 0.2) is 24.3 Å². The summed E-state index contributed by atoms with van der Waals surface area (Å²) in [4.78, 5) is 62.3. The van der Waals surface area contributed by atoms with Gasteiger partial charge in [0.15, 0.2) is 0 Å². The van der Waals surface area contributed by atoms with Gasteiger partial charge in [0.25, 0.3) is 5.91 Å². The van der Waals surface area contributed by atoms with Crippen molar-refractivity contribution in [2.75, 3.05) is 26.2 Å². The Hall–Kier alpha value is -3.47. The summed E-state index contributed by atoms with van der Waals surface area (Å²) in [5.41, 5.74) is 0.141. The molecule has 5 N–H and O–H groups in total. The van der Waals surface area contributed by atoms with E-state index in [9.17, 15) is 29.1 Å². The first-order valence-electron chi connectivity index (χ1n) is 12.4. The van der Waals surface area contributed by atoms with Gasteiger partial charge < -0.3 is 31.1 Å². The van der Waals surface area contributed by atoms with Gasteiger partial charge in [-0.05, 0) is 75.4 Å². The van der Waals surface area contributed by atoms with E-state index in [2.05, 4.69) is 16.0 Å². The van der Waals surface area contributed by atoms with Crippen LogP contribution in [0.25, 0.3) is 0 Å². The van der Waals surface area contributed by atoms with E-state index < -0.39 is 42.3 Å². The molecule has 0 bridgehead atoms. The van der Waals surface area contributed by atoms with Gasteiger partial charge in [-0.3, -0.25) is 19.2 Å². The van der Waals surface area contributed by atoms with E-state index in [1.54, 1.807) is 4.90 Å². The largest absolute Gasteiger partial charge is 0.481 e. The number of nitrogens with one attached hydrogen (secondary N) is 3. The molecule has 2 aliphatic heterocycles. The summed E-state index contributed by atoms with van der Waals surface area (Å²) in [5, 5.41) is 26.6. The van der Waals surface area contributed by atoms with E-state index in [1.807, 2.05) is 0 Å². The Balaban J connectivity index is 1.54. The highest BCUT2D eigenvalue weighted by molar-refractivity contribution is 5.96. The molecule has 2 atom stereocenters. The highest BCUT2D eigenvalue weighted by atomic mass is 16.4. The third-order valence-corrected chi connectivity index (χ3v) is 6.76. The Kier molecular flexibility index (Phi) is 9.80. The molecule has 2 heterocycles. The van der Waals surface area contributed by atoms with Crippen molar-refractivity contribution in [2.24, 2.45) is 11.8 Å². The maximum atomic E-state index is 12.9. The number of carbonyl (C=O) groups is 5. The number of carboxylic acids is 2. The van der Waals surface area contributed by atoms with Crippen LogP contribution in [0.3, 0.4) is 0 Å². The molecule has 36 heavy (non-hydrogen) atoms. The molecule has 0 aliphatic carbocycles. The number of amides is 3. The molecule has 0 saturated carbocycles. The molecule has 3 rings (SSSR count). The zero-order chi connectivity index (χ0) is 26.1. The van der Waals surface area contributed by atoms with Crippen LogP contribution in [0.2, 0.25) is 0 Å². The molecule has 0 unspecified atom stereocenters. The minimum Gasteiger partial charge on any atom is -0.481 e. The minimum atomic E-state index is -1.21. The zero-order valence-electron chi connectivity index (χ0n) is 20.2. The van der Waals surface area contributed by atoms with Gasteiger partial charge in [-0.1, -0.05) is 0 Å². The molecule has 0 spiro atoms. The van der Waals surface area contributed by atoms with Crippen molar-refractivity contribution in [3.63, 3.8) is 0 Å². The highest BCUT2D eigenvalue weighted by Gasteiger charge is 2.30. The Morgan fingerprint density at radius 1 is 0.972 bits per heavy atom. The fourth-order valence-electron chi connectivity index (χ4n) is 4.68. The Morgan fingerprint density at radius 2 is 1.64 bits per heavy atom. The van der Waals surface area contributed by atoms with E-state index in [0.717, 1.165) is 32.4 Å². The summed E-state index contributed by atoms with van der Waals surface area (Å²) in [6.07, 6.45) is 2.98. The number of carboxylic acid groups (broad SMARTS) is 2. The van der Waals surface area contributed by atoms with Gasteiger partial charge in [-0.2, -0.15) is 0 Å². The van der Waals surface area contributed by atoms with Crippen molar-refractivity contribution >= 4 is 29.7 Å². The van der Waals surface area contributed by atoms with Gasteiger partial charge in [-0.25, -0.2) is 4.79 Å². The number of likely N-dealkylation sites (tertiary alicyclic amines) is 1. The zero-order valence-corrected chi connectivity index (χ0v) is 20.2. The van der Waals surface area contributed by atoms with Crippen LogP contribution in [0.5, 0.6) is 0 Å². The molecule has 1 aromatic carbocycles. The SMILES string of the molecule is O=C(O)C[C@@H](NC(=O)c1ccc(C(=O)O)cc1)NC(=O)[C@@H]1CCCN(C(=O)CCC2CCNCC2)C1. The lowest BCUT2D eigenvalue weighted by molar-refractivity contribution is -0.138. The van der Waals surface area contributed by atoms with Crippen molar-refractivity contribution in [3.8, 4) is 0 Å². The molecule has 1 aromatic rings. The van der Waals surface area contributed by atoms with Gasteiger partial charge in [0, 0.05) is 25.1 Å². The molecule has 11 nitrogen and oxygen atoms in total. The predicted molar refractivity (Wildman–Crippen MR) is 129 cm³/mol. The molecule has 2 fully saturated rings. The molecule has 2 saturated heterocycles. The van der Waals surface area contributed by atoms with Crippen molar-refractivity contribution in [1.82, 2.24) is 20.9 Å². The number of piperidine rings is 2. The summed E-state index contributed by atoms with van der Waals surface area (Å²) < 4.78 is 0. The van der Waals surface area contributed by atoms with Crippen molar-refractivity contribution < 1.29 is 34.2 Å². The van der Waals surface area contributed by atoms with E-state index in [1.165, 1.54) is 24.3 Å². The van der Waals surface area contributed by atoms with Gasteiger partial charge in [0.1, 0.15) is 6.17 Å². The molecule has 196 valence electrons. The topological polar surface area (TPSA) is 165 Å². The molecular formula is C25H34N4O7. The average Bonchev–Trinajstić information content (AvgIpc) is 2.87. The van der Waals surface area contributed by atoms with Crippen LogP contribution < -0.4 is 16.0 Å². The summed E-state index contributed by atoms with van der Waals surface area (Å²) in [7, 11) is 0. The van der Waals surface area contributed by atoms with Crippen molar-refractivity contribution in [3.05, 3.63) is 35.4 Å². The lowest BCUT2D eigenvalue weighted by atomic mass is 9.92. The Bertz CT molecular complexity index is 960. The number of aromatic carboxylic acids is 1. The average molecular weight is 503 g/mol. The first-order valence-corrected chi connectivity index (χ1v) is 12.4. The smallest absolute Gasteiger partial charge is 0.335 e. The van der Waals surface area contributed by atoms with Crippen LogP contribution in [0, 0.1) is 11.8 Å². The summed E-state index contributed by atoms with van der Waals surface area (Å²) >= 11 is 0. The van der Waals surface area contributed by atoms with Gasteiger partial charge in [-0.15, -0.1) is 0 Å².